The van der Waals surface area contributed by atoms with Crippen molar-refractivity contribution in [1.29, 1.82) is 0 Å². The van der Waals surface area contributed by atoms with E-state index in [9.17, 15) is 0 Å². The lowest BCUT2D eigenvalue weighted by Gasteiger charge is -2.17. The Balaban J connectivity index is 2.79. The molecule has 1 aromatic rings. The van der Waals surface area contributed by atoms with Crippen molar-refractivity contribution < 1.29 is 9.47 Å². The van der Waals surface area contributed by atoms with Gasteiger partial charge in [0.15, 0.2) is 6.29 Å². The van der Waals surface area contributed by atoms with Crippen molar-refractivity contribution in [2.75, 3.05) is 19.5 Å². The van der Waals surface area contributed by atoms with Crippen molar-refractivity contribution in [1.82, 2.24) is 0 Å². The summed E-state index contributed by atoms with van der Waals surface area (Å²) in [6.07, 6.45) is 1.84. The van der Waals surface area contributed by atoms with Gasteiger partial charge in [-0.25, -0.2) is 0 Å². The lowest BCUT2D eigenvalue weighted by atomic mass is 10.2. The first-order valence-corrected chi connectivity index (χ1v) is 6.41. The normalized spacial score (nSPS) is 10.9. The molecule has 1 rings (SSSR count). The van der Waals surface area contributed by atoms with Crippen LogP contribution in [0.1, 0.15) is 25.7 Å². The fraction of sp³-hybridized carbons (Fsp3) is 0.500. The highest BCUT2D eigenvalue weighted by Gasteiger charge is 2.10. The second-order valence-electron chi connectivity index (χ2n) is 3.02. The van der Waals surface area contributed by atoms with Crippen LogP contribution >= 0.6 is 11.8 Å². The number of hydrogen-bond donors (Lipinski definition) is 0. The summed E-state index contributed by atoms with van der Waals surface area (Å²) in [6, 6.07) is 8.27. The Hall–Kier alpha value is -0.510. The lowest BCUT2D eigenvalue weighted by Crippen LogP contribution is -2.08. The Kier molecular flexibility index (Phi) is 5.76. The fourth-order valence-corrected chi connectivity index (χ4v) is 1.80. The monoisotopic (exact) mass is 226 g/mol. The minimum atomic E-state index is -0.230. The van der Waals surface area contributed by atoms with Crippen LogP contribution in [0.2, 0.25) is 0 Å². The number of ether oxygens (including phenoxy) is 2. The molecule has 0 aromatic heterocycles. The largest absolute Gasteiger partial charge is 0.349 e. The zero-order valence-corrected chi connectivity index (χ0v) is 10.3. The summed E-state index contributed by atoms with van der Waals surface area (Å²) in [5.74, 6) is 0. The second kappa shape index (κ2) is 6.88. The first-order valence-electron chi connectivity index (χ1n) is 5.19. The predicted molar refractivity (Wildman–Crippen MR) is 64.2 cm³/mol. The molecule has 0 heterocycles. The molecule has 3 heteroatoms. The molecule has 84 valence electrons. The van der Waals surface area contributed by atoms with E-state index in [0.717, 1.165) is 5.56 Å². The molecule has 0 bridgehead atoms. The van der Waals surface area contributed by atoms with E-state index in [2.05, 4.69) is 18.4 Å². The van der Waals surface area contributed by atoms with Crippen LogP contribution in [0.15, 0.2) is 29.2 Å². The van der Waals surface area contributed by atoms with E-state index >= 15 is 0 Å². The van der Waals surface area contributed by atoms with E-state index in [-0.39, 0.29) is 6.29 Å². The molecule has 0 fully saturated rings. The topological polar surface area (TPSA) is 18.5 Å². The summed E-state index contributed by atoms with van der Waals surface area (Å²) >= 11 is 1.73. The van der Waals surface area contributed by atoms with Gasteiger partial charge in [-0.2, -0.15) is 0 Å². The van der Waals surface area contributed by atoms with Crippen LogP contribution in [0, 0.1) is 0 Å². The molecule has 0 aliphatic carbocycles. The molecule has 2 nitrogen and oxygen atoms in total. The van der Waals surface area contributed by atoms with Crippen LogP contribution in [0.4, 0.5) is 0 Å². The standard InChI is InChI=1S/C12H18O2S/c1-4-13-12(14-5-2)10-7-6-8-11(9-10)15-3/h6-9,12H,4-5H2,1-3H3. The number of rotatable bonds is 6. The van der Waals surface area contributed by atoms with Crippen LogP contribution in [-0.2, 0) is 9.47 Å². The van der Waals surface area contributed by atoms with Gasteiger partial charge in [-0.15, -0.1) is 11.8 Å². The van der Waals surface area contributed by atoms with Crippen molar-refractivity contribution in [2.24, 2.45) is 0 Å². The van der Waals surface area contributed by atoms with Crippen molar-refractivity contribution in [3.63, 3.8) is 0 Å². The number of hydrogen-bond acceptors (Lipinski definition) is 3. The van der Waals surface area contributed by atoms with E-state index in [4.69, 9.17) is 9.47 Å². The van der Waals surface area contributed by atoms with E-state index in [1.54, 1.807) is 11.8 Å². The molecular formula is C12H18O2S. The van der Waals surface area contributed by atoms with Gasteiger partial charge in [0.25, 0.3) is 0 Å². The Bertz CT molecular complexity index is 283. The van der Waals surface area contributed by atoms with Gasteiger partial charge in [0.1, 0.15) is 0 Å². The summed E-state index contributed by atoms with van der Waals surface area (Å²) in [5, 5.41) is 0. The highest BCUT2D eigenvalue weighted by Crippen LogP contribution is 2.23. The van der Waals surface area contributed by atoms with Crippen LogP contribution in [0.5, 0.6) is 0 Å². The molecule has 0 N–H and O–H groups in total. The molecule has 1 aromatic carbocycles. The van der Waals surface area contributed by atoms with Crippen LogP contribution < -0.4 is 0 Å². The van der Waals surface area contributed by atoms with Gasteiger partial charge in [-0.05, 0) is 32.2 Å². The number of thioether (sulfide) groups is 1. The SMILES string of the molecule is CCOC(OCC)c1cccc(SC)c1. The smallest absolute Gasteiger partial charge is 0.183 e. The van der Waals surface area contributed by atoms with Gasteiger partial charge in [0, 0.05) is 23.7 Å². The molecule has 0 aliphatic rings. The Morgan fingerprint density at radius 3 is 2.40 bits per heavy atom. The number of benzene rings is 1. The minimum Gasteiger partial charge on any atom is -0.349 e. The van der Waals surface area contributed by atoms with Crippen molar-refractivity contribution in [3.8, 4) is 0 Å². The average molecular weight is 226 g/mol. The fourth-order valence-electron chi connectivity index (χ4n) is 1.33. The highest BCUT2D eigenvalue weighted by atomic mass is 32.2. The molecule has 0 saturated heterocycles. The first kappa shape index (κ1) is 12.6. The average Bonchev–Trinajstić information content (AvgIpc) is 2.29. The Labute approximate surface area is 96.0 Å². The highest BCUT2D eigenvalue weighted by molar-refractivity contribution is 7.98. The van der Waals surface area contributed by atoms with Gasteiger partial charge in [-0.3, -0.25) is 0 Å². The van der Waals surface area contributed by atoms with E-state index in [0.29, 0.717) is 13.2 Å². The summed E-state index contributed by atoms with van der Waals surface area (Å²) < 4.78 is 11.1. The van der Waals surface area contributed by atoms with Crippen LogP contribution in [0.3, 0.4) is 0 Å². The third-order valence-electron chi connectivity index (χ3n) is 2.00. The summed E-state index contributed by atoms with van der Waals surface area (Å²) in [6.45, 7) is 5.28. The van der Waals surface area contributed by atoms with Gasteiger partial charge >= 0.3 is 0 Å². The molecule has 0 atom stereocenters. The Morgan fingerprint density at radius 1 is 1.20 bits per heavy atom. The summed E-state index contributed by atoms with van der Waals surface area (Å²) in [7, 11) is 0. The summed E-state index contributed by atoms with van der Waals surface area (Å²) in [4.78, 5) is 1.23. The third-order valence-corrected chi connectivity index (χ3v) is 2.73. The van der Waals surface area contributed by atoms with Crippen molar-refractivity contribution in [3.05, 3.63) is 29.8 Å². The molecule has 0 unspecified atom stereocenters. The van der Waals surface area contributed by atoms with Crippen LogP contribution in [-0.4, -0.2) is 19.5 Å². The maximum absolute atomic E-state index is 5.54. The molecular weight excluding hydrogens is 208 g/mol. The van der Waals surface area contributed by atoms with Gasteiger partial charge in [0.2, 0.25) is 0 Å². The van der Waals surface area contributed by atoms with Gasteiger partial charge in [-0.1, -0.05) is 12.1 Å². The molecule has 0 saturated carbocycles. The zero-order valence-electron chi connectivity index (χ0n) is 9.53. The quantitative estimate of drug-likeness (QED) is 0.546. The van der Waals surface area contributed by atoms with E-state index in [1.165, 1.54) is 4.90 Å². The van der Waals surface area contributed by atoms with Crippen molar-refractivity contribution >= 4 is 11.8 Å². The van der Waals surface area contributed by atoms with Crippen molar-refractivity contribution in [2.45, 2.75) is 25.0 Å². The van der Waals surface area contributed by atoms with Crippen LogP contribution in [0.25, 0.3) is 0 Å². The first-order chi connectivity index (χ1) is 7.31. The third kappa shape index (κ3) is 3.86. The second-order valence-corrected chi connectivity index (χ2v) is 3.90. The summed E-state index contributed by atoms with van der Waals surface area (Å²) in [5.41, 5.74) is 1.09. The van der Waals surface area contributed by atoms with E-state index in [1.807, 2.05) is 26.0 Å². The minimum absolute atomic E-state index is 0.230. The Morgan fingerprint density at radius 2 is 1.87 bits per heavy atom. The van der Waals surface area contributed by atoms with Gasteiger partial charge in [0.05, 0.1) is 0 Å². The van der Waals surface area contributed by atoms with E-state index < -0.39 is 0 Å². The molecule has 0 spiro atoms. The molecule has 0 amide bonds. The maximum Gasteiger partial charge on any atom is 0.183 e. The molecule has 0 aliphatic heterocycles. The lowest BCUT2D eigenvalue weighted by molar-refractivity contribution is -0.140. The zero-order chi connectivity index (χ0) is 11.1. The molecule has 15 heavy (non-hydrogen) atoms. The maximum atomic E-state index is 5.54. The molecule has 0 radical (unpaired) electrons. The predicted octanol–water partition coefficient (Wildman–Crippen LogP) is 3.48. The van der Waals surface area contributed by atoms with Gasteiger partial charge < -0.3 is 9.47 Å².